The van der Waals surface area contributed by atoms with Crippen LogP contribution in [0.15, 0.2) is 22.3 Å². The third kappa shape index (κ3) is 3.04. The molecule has 90 valence electrons. The molecule has 0 aliphatic rings. The lowest BCUT2D eigenvalue weighted by Gasteiger charge is -1.97. The van der Waals surface area contributed by atoms with Gasteiger partial charge in [0.15, 0.2) is 5.69 Å². The SMILES string of the molecule is CCOC(=O)c1coc(NCc2nccs2)n1. The molecule has 0 aliphatic carbocycles. The molecule has 0 radical (unpaired) electrons. The first-order valence-corrected chi connectivity index (χ1v) is 5.92. The Morgan fingerprint density at radius 2 is 2.53 bits per heavy atom. The number of hydrogen-bond acceptors (Lipinski definition) is 7. The summed E-state index contributed by atoms with van der Waals surface area (Å²) in [4.78, 5) is 19.4. The summed E-state index contributed by atoms with van der Waals surface area (Å²) in [5.41, 5.74) is 0.161. The zero-order chi connectivity index (χ0) is 12.1. The topological polar surface area (TPSA) is 77.2 Å². The van der Waals surface area contributed by atoms with Gasteiger partial charge in [-0.1, -0.05) is 0 Å². The van der Waals surface area contributed by atoms with Crippen LogP contribution in [-0.4, -0.2) is 22.5 Å². The quantitative estimate of drug-likeness (QED) is 0.820. The van der Waals surface area contributed by atoms with Crippen molar-refractivity contribution in [2.45, 2.75) is 13.5 Å². The Morgan fingerprint density at radius 3 is 3.24 bits per heavy atom. The average molecular weight is 253 g/mol. The Labute approximate surface area is 102 Å². The zero-order valence-electron chi connectivity index (χ0n) is 9.17. The van der Waals surface area contributed by atoms with Crippen molar-refractivity contribution in [3.05, 3.63) is 28.5 Å². The van der Waals surface area contributed by atoms with Crippen LogP contribution in [0.3, 0.4) is 0 Å². The number of ether oxygens (including phenoxy) is 1. The van der Waals surface area contributed by atoms with Gasteiger partial charge in [-0.05, 0) is 6.92 Å². The molecular weight excluding hydrogens is 242 g/mol. The third-order valence-corrected chi connectivity index (χ3v) is 2.64. The highest BCUT2D eigenvalue weighted by Gasteiger charge is 2.12. The number of carbonyl (C=O) groups excluding carboxylic acids is 1. The molecule has 0 fully saturated rings. The lowest BCUT2D eigenvalue weighted by atomic mass is 10.5. The van der Waals surface area contributed by atoms with Gasteiger partial charge in [0.2, 0.25) is 0 Å². The number of carbonyl (C=O) groups is 1. The van der Waals surface area contributed by atoms with Gasteiger partial charge in [0.05, 0.1) is 13.2 Å². The minimum absolute atomic E-state index is 0.161. The molecule has 0 aliphatic heterocycles. The van der Waals surface area contributed by atoms with Gasteiger partial charge in [-0.3, -0.25) is 0 Å². The minimum Gasteiger partial charge on any atom is -0.461 e. The van der Waals surface area contributed by atoms with E-state index < -0.39 is 5.97 Å². The van der Waals surface area contributed by atoms with E-state index in [-0.39, 0.29) is 11.7 Å². The number of oxazole rings is 1. The molecule has 0 amide bonds. The van der Waals surface area contributed by atoms with Crippen molar-refractivity contribution < 1.29 is 13.9 Å². The highest BCUT2D eigenvalue weighted by atomic mass is 32.1. The molecule has 0 bridgehead atoms. The predicted octanol–water partition coefficient (Wildman–Crippen LogP) is 1.92. The van der Waals surface area contributed by atoms with Gasteiger partial charge in [0.1, 0.15) is 11.3 Å². The number of esters is 1. The monoisotopic (exact) mass is 253 g/mol. The predicted molar refractivity (Wildman–Crippen MR) is 61.9 cm³/mol. The van der Waals surface area contributed by atoms with Crippen LogP contribution in [0.2, 0.25) is 0 Å². The summed E-state index contributed by atoms with van der Waals surface area (Å²) in [6, 6.07) is 0.281. The van der Waals surface area contributed by atoms with Gasteiger partial charge in [-0.2, -0.15) is 4.98 Å². The molecule has 2 aromatic heterocycles. The first kappa shape index (κ1) is 11.6. The smallest absolute Gasteiger partial charge is 0.360 e. The van der Waals surface area contributed by atoms with Gasteiger partial charge in [0.25, 0.3) is 6.01 Å². The molecule has 0 unspecified atom stereocenters. The van der Waals surface area contributed by atoms with Gasteiger partial charge >= 0.3 is 5.97 Å². The maximum atomic E-state index is 11.3. The molecule has 0 saturated heterocycles. The number of nitrogens with zero attached hydrogens (tertiary/aromatic N) is 2. The second-order valence-corrected chi connectivity index (χ2v) is 4.02. The van der Waals surface area contributed by atoms with Gasteiger partial charge in [0, 0.05) is 11.6 Å². The Morgan fingerprint density at radius 1 is 1.65 bits per heavy atom. The number of anilines is 1. The second kappa shape index (κ2) is 5.44. The van der Waals surface area contributed by atoms with E-state index in [1.165, 1.54) is 17.6 Å². The van der Waals surface area contributed by atoms with Crippen molar-refractivity contribution in [3.8, 4) is 0 Å². The van der Waals surface area contributed by atoms with Crippen molar-refractivity contribution in [1.82, 2.24) is 9.97 Å². The second-order valence-electron chi connectivity index (χ2n) is 3.04. The van der Waals surface area contributed by atoms with Crippen molar-refractivity contribution in [1.29, 1.82) is 0 Å². The summed E-state index contributed by atoms with van der Waals surface area (Å²) in [5, 5.41) is 5.73. The van der Waals surface area contributed by atoms with E-state index in [2.05, 4.69) is 15.3 Å². The summed E-state index contributed by atoms with van der Waals surface area (Å²) in [7, 11) is 0. The van der Waals surface area contributed by atoms with Gasteiger partial charge in [-0.15, -0.1) is 11.3 Å². The molecule has 2 aromatic rings. The highest BCUT2D eigenvalue weighted by Crippen LogP contribution is 2.11. The molecule has 6 nitrogen and oxygen atoms in total. The first-order chi connectivity index (χ1) is 8.29. The fourth-order valence-corrected chi connectivity index (χ4v) is 1.70. The van der Waals surface area contributed by atoms with Crippen LogP contribution in [0.4, 0.5) is 6.01 Å². The molecule has 2 rings (SSSR count). The molecule has 0 aromatic carbocycles. The van der Waals surface area contributed by atoms with Crippen molar-refractivity contribution in [2.24, 2.45) is 0 Å². The molecule has 7 heteroatoms. The van der Waals surface area contributed by atoms with E-state index in [9.17, 15) is 4.79 Å². The Kier molecular flexibility index (Phi) is 3.71. The molecule has 1 N–H and O–H groups in total. The summed E-state index contributed by atoms with van der Waals surface area (Å²) < 4.78 is 9.88. The highest BCUT2D eigenvalue weighted by molar-refractivity contribution is 7.09. The standard InChI is InChI=1S/C10H11N3O3S/c1-2-15-9(14)7-6-16-10(13-7)12-5-8-11-3-4-17-8/h3-4,6H,2,5H2,1H3,(H,12,13). The van der Waals surface area contributed by atoms with E-state index in [4.69, 9.17) is 9.15 Å². The average Bonchev–Trinajstić information content (AvgIpc) is 2.98. The van der Waals surface area contributed by atoms with Crippen molar-refractivity contribution in [2.75, 3.05) is 11.9 Å². The van der Waals surface area contributed by atoms with Crippen LogP contribution in [-0.2, 0) is 11.3 Å². The van der Waals surface area contributed by atoms with Crippen molar-refractivity contribution >= 4 is 23.3 Å². The summed E-state index contributed by atoms with van der Waals surface area (Å²) >= 11 is 1.53. The number of thiazole rings is 1. The summed E-state index contributed by atoms with van der Waals surface area (Å²) in [6.45, 7) is 2.56. The normalized spacial score (nSPS) is 10.2. The molecule has 0 saturated carbocycles. The van der Waals surface area contributed by atoms with Crippen LogP contribution >= 0.6 is 11.3 Å². The summed E-state index contributed by atoms with van der Waals surface area (Å²) in [6.07, 6.45) is 2.99. The number of hydrogen-bond donors (Lipinski definition) is 1. The van der Waals surface area contributed by atoms with Crippen LogP contribution in [0.25, 0.3) is 0 Å². The molecule has 0 spiro atoms. The van der Waals surface area contributed by atoms with Crippen LogP contribution in [0.1, 0.15) is 22.4 Å². The Balaban J connectivity index is 1.92. The first-order valence-electron chi connectivity index (χ1n) is 5.04. The van der Waals surface area contributed by atoms with E-state index in [0.29, 0.717) is 13.2 Å². The summed E-state index contributed by atoms with van der Waals surface area (Å²) in [5.74, 6) is -0.487. The number of rotatable bonds is 5. The van der Waals surface area contributed by atoms with E-state index in [0.717, 1.165) is 5.01 Å². The number of nitrogens with one attached hydrogen (secondary N) is 1. The Hall–Kier alpha value is -1.89. The maximum absolute atomic E-state index is 11.3. The van der Waals surface area contributed by atoms with Crippen LogP contribution < -0.4 is 5.32 Å². The molecule has 17 heavy (non-hydrogen) atoms. The Bertz CT molecular complexity index is 481. The van der Waals surface area contributed by atoms with E-state index in [1.807, 2.05) is 5.38 Å². The lowest BCUT2D eigenvalue weighted by Crippen LogP contribution is -2.05. The minimum atomic E-state index is -0.487. The fraction of sp³-hybridized carbons (Fsp3) is 0.300. The van der Waals surface area contributed by atoms with E-state index in [1.54, 1.807) is 13.1 Å². The molecular formula is C10H11N3O3S. The largest absolute Gasteiger partial charge is 0.461 e. The van der Waals surface area contributed by atoms with Gasteiger partial charge < -0.3 is 14.5 Å². The van der Waals surface area contributed by atoms with Crippen molar-refractivity contribution in [3.63, 3.8) is 0 Å². The maximum Gasteiger partial charge on any atom is 0.360 e. The van der Waals surface area contributed by atoms with Crippen LogP contribution in [0, 0.1) is 0 Å². The number of aromatic nitrogens is 2. The van der Waals surface area contributed by atoms with Crippen LogP contribution in [0.5, 0.6) is 0 Å². The fourth-order valence-electron chi connectivity index (χ4n) is 1.15. The van der Waals surface area contributed by atoms with E-state index >= 15 is 0 Å². The third-order valence-electron chi connectivity index (χ3n) is 1.86. The zero-order valence-corrected chi connectivity index (χ0v) is 9.99. The van der Waals surface area contributed by atoms with Gasteiger partial charge in [-0.25, -0.2) is 9.78 Å². The molecule has 0 atom stereocenters. The lowest BCUT2D eigenvalue weighted by molar-refractivity contribution is 0.0519. The molecule has 2 heterocycles.